The van der Waals surface area contributed by atoms with Gasteiger partial charge in [0, 0.05) is 25.7 Å². The molecule has 1 saturated carbocycles. The van der Waals surface area contributed by atoms with Crippen LogP contribution in [0, 0.1) is 0 Å². The number of hydrogen-bond acceptors (Lipinski definition) is 4. The van der Waals surface area contributed by atoms with Crippen LogP contribution in [0.5, 0.6) is 5.75 Å². The third-order valence-electron chi connectivity index (χ3n) is 4.52. The first-order valence-corrected chi connectivity index (χ1v) is 8.09. The van der Waals surface area contributed by atoms with Crippen molar-refractivity contribution < 1.29 is 9.47 Å². The molecule has 1 aliphatic carbocycles. The zero-order valence-electron chi connectivity index (χ0n) is 12.9. The number of fused-ring (bicyclic) bond motifs is 1. The molecule has 1 saturated heterocycles. The molecule has 1 aliphatic heterocycles. The molecule has 2 aliphatic rings. The molecule has 1 aromatic rings. The van der Waals surface area contributed by atoms with Gasteiger partial charge in [-0.25, -0.2) is 0 Å². The summed E-state index contributed by atoms with van der Waals surface area (Å²) in [5.41, 5.74) is 1.26. The quantitative estimate of drug-likeness (QED) is 0.869. The van der Waals surface area contributed by atoms with Crippen LogP contribution in [0.1, 0.15) is 24.8 Å². The molecule has 4 heteroatoms. The molecule has 0 bridgehead atoms. The molecular formula is C17H26N2O2. The van der Waals surface area contributed by atoms with Crippen molar-refractivity contribution in [1.29, 1.82) is 0 Å². The topological polar surface area (TPSA) is 33.7 Å². The Hall–Kier alpha value is -1.10. The minimum atomic E-state index is 0.470. The van der Waals surface area contributed by atoms with E-state index in [1.165, 1.54) is 24.8 Å². The number of benzene rings is 1. The lowest BCUT2D eigenvalue weighted by molar-refractivity contribution is -0.0583. The molecule has 0 amide bonds. The van der Waals surface area contributed by atoms with Crippen molar-refractivity contribution in [2.45, 2.75) is 38.0 Å². The highest BCUT2D eigenvalue weighted by molar-refractivity contribution is 5.28. The van der Waals surface area contributed by atoms with Crippen LogP contribution >= 0.6 is 0 Å². The van der Waals surface area contributed by atoms with Crippen molar-refractivity contribution in [1.82, 2.24) is 10.2 Å². The SMILES string of the molecule is CNCc1cccc(OCCN2CCOC3CCCC32)c1. The molecule has 1 N–H and O–H groups in total. The van der Waals surface area contributed by atoms with Crippen molar-refractivity contribution >= 4 is 0 Å². The summed E-state index contributed by atoms with van der Waals surface area (Å²) in [7, 11) is 1.96. The van der Waals surface area contributed by atoms with Crippen LogP contribution in [-0.4, -0.2) is 50.4 Å². The fourth-order valence-electron chi connectivity index (χ4n) is 3.51. The standard InChI is InChI=1S/C17H26N2O2/c1-18-13-14-4-2-5-15(12-14)20-10-8-19-9-11-21-17-7-3-6-16(17)19/h2,4-5,12,16-18H,3,6-11,13H2,1H3. The molecule has 2 unspecified atom stereocenters. The van der Waals surface area contributed by atoms with Crippen molar-refractivity contribution in [2.75, 3.05) is 33.4 Å². The van der Waals surface area contributed by atoms with Gasteiger partial charge in [0.25, 0.3) is 0 Å². The normalized spacial score (nSPS) is 25.8. The number of hydrogen-bond donors (Lipinski definition) is 1. The highest BCUT2D eigenvalue weighted by Gasteiger charge is 2.35. The lowest BCUT2D eigenvalue weighted by Gasteiger charge is -2.37. The van der Waals surface area contributed by atoms with Crippen LogP contribution in [0.15, 0.2) is 24.3 Å². The highest BCUT2D eigenvalue weighted by Crippen LogP contribution is 2.29. The summed E-state index contributed by atoms with van der Waals surface area (Å²) in [5, 5.41) is 3.17. The summed E-state index contributed by atoms with van der Waals surface area (Å²) in [6.07, 6.45) is 4.28. The number of rotatable bonds is 6. The molecular weight excluding hydrogens is 264 g/mol. The molecule has 0 spiro atoms. The predicted molar refractivity (Wildman–Crippen MR) is 83.7 cm³/mol. The molecule has 116 valence electrons. The van der Waals surface area contributed by atoms with Crippen LogP contribution in [0.3, 0.4) is 0 Å². The Morgan fingerprint density at radius 2 is 2.33 bits per heavy atom. The van der Waals surface area contributed by atoms with Crippen molar-refractivity contribution in [3.8, 4) is 5.75 Å². The second-order valence-electron chi connectivity index (χ2n) is 5.97. The van der Waals surface area contributed by atoms with Gasteiger partial charge in [0.1, 0.15) is 12.4 Å². The Labute approximate surface area is 127 Å². The molecule has 1 aromatic carbocycles. The summed E-state index contributed by atoms with van der Waals surface area (Å²) in [4.78, 5) is 2.55. The van der Waals surface area contributed by atoms with Crippen LogP contribution in [0.4, 0.5) is 0 Å². The van der Waals surface area contributed by atoms with Crippen LogP contribution in [0.2, 0.25) is 0 Å². The Morgan fingerprint density at radius 1 is 1.38 bits per heavy atom. The summed E-state index contributed by atoms with van der Waals surface area (Å²) >= 11 is 0. The molecule has 3 rings (SSSR count). The fraction of sp³-hybridized carbons (Fsp3) is 0.647. The second-order valence-corrected chi connectivity index (χ2v) is 5.97. The van der Waals surface area contributed by atoms with Crippen LogP contribution in [-0.2, 0) is 11.3 Å². The van der Waals surface area contributed by atoms with Gasteiger partial charge in [-0.05, 0) is 44.0 Å². The van der Waals surface area contributed by atoms with E-state index in [1.54, 1.807) is 0 Å². The molecule has 21 heavy (non-hydrogen) atoms. The Morgan fingerprint density at radius 3 is 3.24 bits per heavy atom. The monoisotopic (exact) mass is 290 g/mol. The Kier molecular flexibility index (Phi) is 5.12. The summed E-state index contributed by atoms with van der Waals surface area (Å²) < 4.78 is 11.8. The maximum atomic E-state index is 5.93. The zero-order valence-corrected chi connectivity index (χ0v) is 12.9. The lowest BCUT2D eigenvalue weighted by atomic mass is 10.1. The van der Waals surface area contributed by atoms with E-state index in [1.807, 2.05) is 13.1 Å². The van der Waals surface area contributed by atoms with E-state index in [2.05, 4.69) is 28.4 Å². The van der Waals surface area contributed by atoms with E-state index >= 15 is 0 Å². The predicted octanol–water partition coefficient (Wildman–Crippen LogP) is 2.04. The first kappa shape index (κ1) is 14.8. The van der Waals surface area contributed by atoms with Gasteiger partial charge >= 0.3 is 0 Å². The van der Waals surface area contributed by atoms with Crippen molar-refractivity contribution in [3.05, 3.63) is 29.8 Å². The van der Waals surface area contributed by atoms with Gasteiger partial charge in [0.2, 0.25) is 0 Å². The number of nitrogens with one attached hydrogen (secondary N) is 1. The van der Waals surface area contributed by atoms with Crippen LogP contribution in [0.25, 0.3) is 0 Å². The number of ether oxygens (including phenoxy) is 2. The minimum absolute atomic E-state index is 0.470. The van der Waals surface area contributed by atoms with E-state index < -0.39 is 0 Å². The smallest absolute Gasteiger partial charge is 0.119 e. The zero-order chi connectivity index (χ0) is 14.5. The van der Waals surface area contributed by atoms with Crippen molar-refractivity contribution in [3.63, 3.8) is 0 Å². The lowest BCUT2D eigenvalue weighted by Crippen LogP contribution is -2.49. The molecule has 1 heterocycles. The maximum Gasteiger partial charge on any atom is 0.119 e. The van der Waals surface area contributed by atoms with E-state index in [0.717, 1.165) is 38.6 Å². The van der Waals surface area contributed by atoms with Gasteiger partial charge in [-0.2, -0.15) is 0 Å². The van der Waals surface area contributed by atoms with Gasteiger partial charge in [-0.15, -0.1) is 0 Å². The Balaban J connectivity index is 1.48. The average Bonchev–Trinajstić information content (AvgIpc) is 2.97. The average molecular weight is 290 g/mol. The van der Waals surface area contributed by atoms with Crippen molar-refractivity contribution in [2.24, 2.45) is 0 Å². The molecule has 0 radical (unpaired) electrons. The van der Waals surface area contributed by atoms with Gasteiger partial charge in [0.15, 0.2) is 0 Å². The second kappa shape index (κ2) is 7.25. The third-order valence-corrected chi connectivity index (χ3v) is 4.52. The third kappa shape index (κ3) is 3.76. The number of morpholine rings is 1. The maximum absolute atomic E-state index is 5.93. The van der Waals surface area contributed by atoms with E-state index in [4.69, 9.17) is 9.47 Å². The number of nitrogens with zero attached hydrogens (tertiary/aromatic N) is 1. The fourth-order valence-corrected chi connectivity index (χ4v) is 3.51. The Bertz CT molecular complexity index is 452. The molecule has 2 fully saturated rings. The van der Waals surface area contributed by atoms with E-state index in [-0.39, 0.29) is 0 Å². The molecule has 4 nitrogen and oxygen atoms in total. The summed E-state index contributed by atoms with van der Waals surface area (Å²) in [6.45, 7) is 4.56. The summed E-state index contributed by atoms with van der Waals surface area (Å²) in [6, 6.07) is 8.96. The van der Waals surface area contributed by atoms with E-state index in [9.17, 15) is 0 Å². The van der Waals surface area contributed by atoms with Crippen LogP contribution < -0.4 is 10.1 Å². The van der Waals surface area contributed by atoms with Gasteiger partial charge in [-0.1, -0.05) is 12.1 Å². The van der Waals surface area contributed by atoms with Gasteiger partial charge in [-0.3, -0.25) is 4.90 Å². The summed E-state index contributed by atoms with van der Waals surface area (Å²) in [5.74, 6) is 0.971. The molecule has 0 aromatic heterocycles. The molecule has 2 atom stereocenters. The van der Waals surface area contributed by atoms with Gasteiger partial charge < -0.3 is 14.8 Å². The largest absolute Gasteiger partial charge is 0.492 e. The first-order valence-electron chi connectivity index (χ1n) is 8.09. The highest BCUT2D eigenvalue weighted by atomic mass is 16.5. The van der Waals surface area contributed by atoms with E-state index in [0.29, 0.717) is 12.1 Å². The first-order chi connectivity index (χ1) is 10.4. The van der Waals surface area contributed by atoms with Gasteiger partial charge in [0.05, 0.1) is 12.7 Å². The minimum Gasteiger partial charge on any atom is -0.492 e.